The first-order valence-corrected chi connectivity index (χ1v) is 4.29. The van der Waals surface area contributed by atoms with Gasteiger partial charge in [0.05, 0.1) is 0 Å². The summed E-state index contributed by atoms with van der Waals surface area (Å²) in [4.78, 5) is 21.7. The van der Waals surface area contributed by atoms with Crippen LogP contribution in [-0.4, -0.2) is 28.0 Å². The molecule has 1 aromatic carbocycles. The van der Waals surface area contributed by atoms with Gasteiger partial charge in [-0.25, -0.2) is 0 Å². The molecule has 1 aromatic rings. The molecule has 1 rings (SSSR count). The molecule has 0 saturated carbocycles. The van der Waals surface area contributed by atoms with Crippen molar-refractivity contribution in [1.82, 2.24) is 0 Å². The molecule has 0 bridgehead atoms. The van der Waals surface area contributed by atoms with E-state index in [4.69, 9.17) is 15.9 Å². The Morgan fingerprint density at radius 2 is 1.80 bits per heavy atom. The number of Topliss-reactive ketones (excluding diaryl/α,β-unsaturated/α-hetero) is 1. The Kier molecular flexibility index (Phi) is 3.41. The van der Waals surface area contributed by atoms with E-state index in [0.717, 1.165) is 0 Å². The summed E-state index contributed by atoms with van der Waals surface area (Å²) in [6.45, 7) is 0. The fourth-order valence-electron chi connectivity index (χ4n) is 1.06. The van der Waals surface area contributed by atoms with Gasteiger partial charge in [-0.3, -0.25) is 9.59 Å². The summed E-state index contributed by atoms with van der Waals surface area (Å²) in [6, 6.07) is 4.45. The van der Waals surface area contributed by atoms with E-state index in [1.54, 1.807) is 12.1 Å². The number of phenolic OH excluding ortho intramolecular Hbond substituents is 1. The van der Waals surface area contributed by atoms with Crippen LogP contribution in [0.3, 0.4) is 0 Å². The SMILES string of the molecule is NC(C(=O)O)C(=O)Cc1ccc(O)cc1. The van der Waals surface area contributed by atoms with Crippen LogP contribution in [0.25, 0.3) is 0 Å². The van der Waals surface area contributed by atoms with Gasteiger partial charge in [0, 0.05) is 6.42 Å². The summed E-state index contributed by atoms with van der Waals surface area (Å²) in [6.07, 6.45) is -0.0479. The van der Waals surface area contributed by atoms with Crippen molar-refractivity contribution in [2.24, 2.45) is 5.73 Å². The number of aromatic hydroxyl groups is 1. The zero-order valence-corrected chi connectivity index (χ0v) is 7.88. The Morgan fingerprint density at radius 3 is 2.27 bits per heavy atom. The minimum atomic E-state index is -1.49. The summed E-state index contributed by atoms with van der Waals surface area (Å²) >= 11 is 0. The van der Waals surface area contributed by atoms with Crippen LogP contribution in [0.2, 0.25) is 0 Å². The summed E-state index contributed by atoms with van der Waals surface area (Å²) in [5.41, 5.74) is 5.76. The molecule has 5 heteroatoms. The molecule has 0 spiro atoms. The third kappa shape index (κ3) is 3.07. The van der Waals surface area contributed by atoms with Crippen LogP contribution in [0.4, 0.5) is 0 Å². The van der Waals surface area contributed by atoms with Crippen LogP contribution in [0.1, 0.15) is 5.56 Å². The fourth-order valence-corrected chi connectivity index (χ4v) is 1.06. The lowest BCUT2D eigenvalue weighted by Crippen LogP contribution is -2.39. The van der Waals surface area contributed by atoms with Crippen molar-refractivity contribution < 1.29 is 19.8 Å². The number of phenols is 1. The number of carbonyl (C=O) groups excluding carboxylic acids is 1. The second kappa shape index (κ2) is 4.56. The van der Waals surface area contributed by atoms with Gasteiger partial charge in [0.15, 0.2) is 11.8 Å². The Bertz CT molecular complexity index is 372. The van der Waals surface area contributed by atoms with Crippen molar-refractivity contribution in [2.75, 3.05) is 0 Å². The van der Waals surface area contributed by atoms with Crippen molar-refractivity contribution in [3.8, 4) is 5.75 Å². The maximum absolute atomic E-state index is 11.3. The predicted molar refractivity (Wildman–Crippen MR) is 52.4 cm³/mol. The smallest absolute Gasteiger partial charge is 0.328 e. The van der Waals surface area contributed by atoms with Gasteiger partial charge >= 0.3 is 5.97 Å². The highest BCUT2D eigenvalue weighted by molar-refractivity contribution is 6.02. The van der Waals surface area contributed by atoms with Crippen LogP contribution in [-0.2, 0) is 16.0 Å². The Morgan fingerprint density at radius 1 is 1.27 bits per heavy atom. The average Bonchev–Trinajstić information content (AvgIpc) is 2.20. The maximum atomic E-state index is 11.3. The standard InChI is InChI=1S/C10H11NO4/c11-9(10(14)15)8(13)5-6-1-3-7(12)4-2-6/h1-4,9,12H,5,11H2,(H,14,15). The fraction of sp³-hybridized carbons (Fsp3) is 0.200. The molecular weight excluding hydrogens is 198 g/mol. The summed E-state index contributed by atoms with van der Waals surface area (Å²) < 4.78 is 0. The number of hydrogen-bond acceptors (Lipinski definition) is 4. The maximum Gasteiger partial charge on any atom is 0.328 e. The average molecular weight is 209 g/mol. The quantitative estimate of drug-likeness (QED) is 0.602. The molecule has 0 aliphatic heterocycles. The van der Waals surface area contributed by atoms with E-state index in [9.17, 15) is 9.59 Å². The molecule has 15 heavy (non-hydrogen) atoms. The number of ketones is 1. The first kappa shape index (κ1) is 11.2. The van der Waals surface area contributed by atoms with E-state index in [1.807, 2.05) is 0 Å². The van der Waals surface area contributed by atoms with Gasteiger partial charge < -0.3 is 15.9 Å². The van der Waals surface area contributed by atoms with Crippen molar-refractivity contribution in [2.45, 2.75) is 12.5 Å². The van der Waals surface area contributed by atoms with Crippen LogP contribution < -0.4 is 5.73 Å². The van der Waals surface area contributed by atoms with Crippen molar-refractivity contribution in [3.05, 3.63) is 29.8 Å². The van der Waals surface area contributed by atoms with E-state index in [0.29, 0.717) is 5.56 Å². The summed E-state index contributed by atoms with van der Waals surface area (Å²) in [5, 5.41) is 17.5. The minimum absolute atomic E-state index is 0.0479. The number of aliphatic carboxylic acids is 1. The third-order valence-electron chi connectivity index (χ3n) is 1.93. The number of carboxylic acid groups (broad SMARTS) is 1. The predicted octanol–water partition coefficient (Wildman–Crippen LogP) is -0.0843. The van der Waals surface area contributed by atoms with Crippen molar-refractivity contribution in [1.29, 1.82) is 0 Å². The number of carboxylic acids is 1. The molecule has 0 aromatic heterocycles. The molecule has 80 valence electrons. The molecule has 0 aliphatic rings. The lowest BCUT2D eigenvalue weighted by Gasteiger charge is -2.05. The van der Waals surface area contributed by atoms with Crippen molar-refractivity contribution >= 4 is 11.8 Å². The molecule has 5 nitrogen and oxygen atoms in total. The second-order valence-electron chi connectivity index (χ2n) is 3.13. The zero-order valence-electron chi connectivity index (χ0n) is 7.88. The van der Waals surface area contributed by atoms with Gasteiger partial charge in [-0.2, -0.15) is 0 Å². The Labute approximate surface area is 86.1 Å². The third-order valence-corrected chi connectivity index (χ3v) is 1.93. The van der Waals surface area contributed by atoms with Gasteiger partial charge in [0.25, 0.3) is 0 Å². The van der Waals surface area contributed by atoms with E-state index in [1.165, 1.54) is 12.1 Å². The number of hydrogen-bond donors (Lipinski definition) is 3. The van der Waals surface area contributed by atoms with E-state index >= 15 is 0 Å². The van der Waals surface area contributed by atoms with Crippen LogP contribution >= 0.6 is 0 Å². The van der Waals surface area contributed by atoms with Crippen molar-refractivity contribution in [3.63, 3.8) is 0 Å². The largest absolute Gasteiger partial charge is 0.508 e. The molecule has 0 aliphatic carbocycles. The monoisotopic (exact) mass is 209 g/mol. The second-order valence-corrected chi connectivity index (χ2v) is 3.13. The molecule has 1 atom stereocenters. The zero-order chi connectivity index (χ0) is 11.4. The Balaban J connectivity index is 2.66. The first-order valence-electron chi connectivity index (χ1n) is 4.29. The molecule has 1 unspecified atom stereocenters. The van der Waals surface area contributed by atoms with Gasteiger partial charge in [-0.1, -0.05) is 12.1 Å². The van der Waals surface area contributed by atoms with E-state index in [-0.39, 0.29) is 12.2 Å². The lowest BCUT2D eigenvalue weighted by atomic mass is 10.0. The molecule has 4 N–H and O–H groups in total. The minimum Gasteiger partial charge on any atom is -0.508 e. The number of rotatable bonds is 4. The number of carbonyl (C=O) groups is 2. The van der Waals surface area contributed by atoms with Crippen LogP contribution in [0, 0.1) is 0 Å². The molecule has 0 fully saturated rings. The highest BCUT2D eigenvalue weighted by atomic mass is 16.4. The van der Waals surface area contributed by atoms with Crippen LogP contribution in [0.5, 0.6) is 5.75 Å². The number of benzene rings is 1. The van der Waals surface area contributed by atoms with Gasteiger partial charge in [-0.15, -0.1) is 0 Å². The molecule has 0 amide bonds. The molecular formula is C10H11NO4. The van der Waals surface area contributed by atoms with Gasteiger partial charge in [0.1, 0.15) is 5.75 Å². The van der Waals surface area contributed by atoms with Gasteiger partial charge in [0.2, 0.25) is 0 Å². The first-order chi connectivity index (χ1) is 7.00. The van der Waals surface area contributed by atoms with Crippen LogP contribution in [0.15, 0.2) is 24.3 Å². The highest BCUT2D eigenvalue weighted by Crippen LogP contribution is 2.10. The lowest BCUT2D eigenvalue weighted by molar-refractivity contribution is -0.142. The summed E-state index contributed by atoms with van der Waals surface area (Å²) in [7, 11) is 0. The molecule has 0 saturated heterocycles. The van der Waals surface area contributed by atoms with Gasteiger partial charge in [-0.05, 0) is 17.7 Å². The topological polar surface area (TPSA) is 101 Å². The normalized spacial score (nSPS) is 12.1. The number of nitrogens with two attached hydrogens (primary N) is 1. The van der Waals surface area contributed by atoms with E-state index in [2.05, 4.69) is 0 Å². The molecule has 0 radical (unpaired) electrons. The Hall–Kier alpha value is -1.88. The summed E-state index contributed by atoms with van der Waals surface area (Å²) in [5.74, 6) is -1.80. The van der Waals surface area contributed by atoms with E-state index < -0.39 is 17.8 Å². The highest BCUT2D eigenvalue weighted by Gasteiger charge is 2.20. The molecule has 0 heterocycles.